The van der Waals surface area contributed by atoms with E-state index in [-0.39, 0.29) is 17.4 Å². The number of amides is 1. The molecular formula is C28H24N4O4. The molecule has 0 aliphatic carbocycles. The second kappa shape index (κ2) is 9.52. The fourth-order valence-electron chi connectivity index (χ4n) is 4.77. The Morgan fingerprint density at radius 1 is 0.917 bits per heavy atom. The van der Waals surface area contributed by atoms with Crippen molar-refractivity contribution in [2.75, 3.05) is 12.4 Å². The second-order valence-corrected chi connectivity index (χ2v) is 8.17. The van der Waals surface area contributed by atoms with Crippen molar-refractivity contribution in [1.29, 1.82) is 0 Å². The van der Waals surface area contributed by atoms with Crippen LogP contribution in [0.1, 0.15) is 22.4 Å². The first-order valence-corrected chi connectivity index (χ1v) is 11.3. The highest BCUT2D eigenvalue weighted by Gasteiger charge is 2.41. The number of fused-ring (bicyclic) bond motifs is 1. The van der Waals surface area contributed by atoms with E-state index < -0.39 is 18.2 Å². The van der Waals surface area contributed by atoms with Gasteiger partial charge in [0.05, 0.1) is 30.3 Å². The summed E-state index contributed by atoms with van der Waals surface area (Å²) >= 11 is 0. The number of carboxylic acid groups (broad SMARTS) is 1. The van der Waals surface area contributed by atoms with Gasteiger partial charge >= 0.3 is 6.09 Å². The van der Waals surface area contributed by atoms with Crippen LogP contribution in [0.2, 0.25) is 0 Å². The Kier molecular flexibility index (Phi) is 6.10. The molecule has 5 rings (SSSR count). The number of aromatic nitrogens is 3. The zero-order chi connectivity index (χ0) is 25.1. The number of aliphatic hydroxyl groups excluding tert-OH is 1. The standard InChI is InChI=1S/C28H24N4O4/c1-36-26-25-22(18-33)29-24(30-27(34)35)17-23(25)32(31-26)28(19-11-5-2-6-12-19,20-13-7-3-8-14-20)21-15-9-4-10-16-21/h2-17,33H,18H2,1H3,(H,29,30)(H,34,35). The number of anilines is 1. The summed E-state index contributed by atoms with van der Waals surface area (Å²) in [5, 5.41) is 27.2. The lowest BCUT2D eigenvalue weighted by Crippen LogP contribution is -2.38. The fourth-order valence-corrected chi connectivity index (χ4v) is 4.77. The van der Waals surface area contributed by atoms with Gasteiger partial charge in [-0.2, -0.15) is 0 Å². The molecule has 0 spiro atoms. The van der Waals surface area contributed by atoms with Gasteiger partial charge in [-0.1, -0.05) is 91.0 Å². The van der Waals surface area contributed by atoms with E-state index in [0.717, 1.165) is 16.7 Å². The lowest BCUT2D eigenvalue weighted by atomic mass is 9.77. The molecule has 1 amide bonds. The molecule has 0 aliphatic rings. The quantitative estimate of drug-likeness (QED) is 0.287. The Hall–Kier alpha value is -4.69. The third-order valence-electron chi connectivity index (χ3n) is 6.18. The molecule has 5 aromatic rings. The third-order valence-corrected chi connectivity index (χ3v) is 6.18. The highest BCUT2D eigenvalue weighted by molar-refractivity contribution is 5.92. The molecule has 180 valence electrons. The van der Waals surface area contributed by atoms with Gasteiger partial charge in [0.1, 0.15) is 11.4 Å². The van der Waals surface area contributed by atoms with Crippen LogP contribution in [0.5, 0.6) is 5.88 Å². The maximum atomic E-state index is 11.5. The van der Waals surface area contributed by atoms with E-state index >= 15 is 0 Å². The van der Waals surface area contributed by atoms with Crippen molar-refractivity contribution in [1.82, 2.24) is 14.8 Å². The monoisotopic (exact) mass is 480 g/mol. The predicted octanol–water partition coefficient (Wildman–Crippen LogP) is 4.86. The fraction of sp³-hybridized carbons (Fsp3) is 0.107. The van der Waals surface area contributed by atoms with Gasteiger partial charge in [-0.15, -0.1) is 5.10 Å². The van der Waals surface area contributed by atoms with Crippen molar-refractivity contribution >= 4 is 22.8 Å². The summed E-state index contributed by atoms with van der Waals surface area (Å²) < 4.78 is 7.48. The molecule has 8 nitrogen and oxygen atoms in total. The summed E-state index contributed by atoms with van der Waals surface area (Å²) in [7, 11) is 1.51. The molecule has 2 heterocycles. The number of nitrogens with zero attached hydrogens (tertiary/aromatic N) is 3. The normalized spacial score (nSPS) is 11.4. The minimum Gasteiger partial charge on any atom is -0.479 e. The van der Waals surface area contributed by atoms with Crippen LogP contribution in [-0.4, -0.2) is 38.2 Å². The summed E-state index contributed by atoms with van der Waals surface area (Å²) in [5.74, 6) is 0.349. The van der Waals surface area contributed by atoms with Crippen LogP contribution in [0.15, 0.2) is 97.1 Å². The van der Waals surface area contributed by atoms with Crippen LogP contribution in [-0.2, 0) is 12.1 Å². The molecule has 0 saturated carbocycles. The first-order valence-electron chi connectivity index (χ1n) is 11.3. The van der Waals surface area contributed by atoms with Crippen molar-refractivity contribution < 1.29 is 19.7 Å². The topological polar surface area (TPSA) is 110 Å². The largest absolute Gasteiger partial charge is 0.479 e. The number of ether oxygens (including phenoxy) is 1. The van der Waals surface area contributed by atoms with E-state index in [1.165, 1.54) is 7.11 Å². The Balaban J connectivity index is 1.99. The predicted molar refractivity (Wildman–Crippen MR) is 136 cm³/mol. The number of carbonyl (C=O) groups is 1. The van der Waals surface area contributed by atoms with Crippen LogP contribution < -0.4 is 10.1 Å². The number of benzene rings is 3. The van der Waals surface area contributed by atoms with Crippen LogP contribution in [0.25, 0.3) is 10.9 Å². The second-order valence-electron chi connectivity index (χ2n) is 8.17. The lowest BCUT2D eigenvalue weighted by molar-refractivity contribution is 0.209. The zero-order valence-corrected chi connectivity index (χ0v) is 19.5. The van der Waals surface area contributed by atoms with Crippen LogP contribution >= 0.6 is 0 Å². The van der Waals surface area contributed by atoms with Gasteiger partial charge in [-0.3, -0.25) is 5.32 Å². The zero-order valence-electron chi connectivity index (χ0n) is 19.5. The smallest absolute Gasteiger partial charge is 0.410 e. The molecule has 0 bridgehead atoms. The van der Waals surface area contributed by atoms with E-state index in [2.05, 4.69) is 10.3 Å². The van der Waals surface area contributed by atoms with Gasteiger partial charge in [-0.05, 0) is 16.7 Å². The Morgan fingerprint density at radius 3 is 1.83 bits per heavy atom. The minimum atomic E-state index is -1.26. The first-order chi connectivity index (χ1) is 17.6. The van der Waals surface area contributed by atoms with Crippen LogP contribution in [0.4, 0.5) is 10.6 Å². The number of methoxy groups -OCH3 is 1. The highest BCUT2D eigenvalue weighted by atomic mass is 16.5. The van der Waals surface area contributed by atoms with Crippen molar-refractivity contribution in [3.63, 3.8) is 0 Å². The number of hydrogen-bond acceptors (Lipinski definition) is 5. The third kappa shape index (κ3) is 3.73. The number of pyridine rings is 1. The number of hydrogen-bond donors (Lipinski definition) is 3. The van der Waals surface area contributed by atoms with Gasteiger partial charge in [0, 0.05) is 6.07 Å². The van der Waals surface area contributed by atoms with Crippen molar-refractivity contribution in [2.24, 2.45) is 0 Å². The Bertz CT molecular complexity index is 1410. The number of rotatable bonds is 7. The van der Waals surface area contributed by atoms with E-state index in [1.54, 1.807) is 6.07 Å². The van der Waals surface area contributed by atoms with Crippen LogP contribution in [0.3, 0.4) is 0 Å². The summed E-state index contributed by atoms with van der Waals surface area (Å²) in [6.45, 7) is -0.428. The minimum absolute atomic E-state index is 0.0749. The van der Waals surface area contributed by atoms with E-state index in [0.29, 0.717) is 10.9 Å². The average Bonchev–Trinajstić information content (AvgIpc) is 3.29. The van der Waals surface area contributed by atoms with Gasteiger partial charge in [-0.25, -0.2) is 14.5 Å². The number of nitrogens with one attached hydrogen (secondary N) is 1. The molecule has 0 unspecified atom stereocenters. The Morgan fingerprint density at radius 2 is 1.42 bits per heavy atom. The van der Waals surface area contributed by atoms with Crippen molar-refractivity contribution in [2.45, 2.75) is 12.1 Å². The van der Waals surface area contributed by atoms with E-state index in [9.17, 15) is 15.0 Å². The van der Waals surface area contributed by atoms with Gasteiger partial charge in [0.25, 0.3) is 0 Å². The summed E-state index contributed by atoms with van der Waals surface area (Å²) in [4.78, 5) is 15.8. The maximum Gasteiger partial charge on any atom is 0.410 e. The molecule has 0 fully saturated rings. The summed E-state index contributed by atoms with van der Waals surface area (Å²) in [6, 6.07) is 31.5. The van der Waals surface area contributed by atoms with Gasteiger partial charge < -0.3 is 14.9 Å². The molecule has 3 N–H and O–H groups in total. The molecule has 8 heteroatoms. The van der Waals surface area contributed by atoms with E-state index in [1.807, 2.05) is 95.7 Å². The van der Waals surface area contributed by atoms with Crippen molar-refractivity contribution in [3.05, 3.63) is 119 Å². The SMILES string of the molecule is COc1nn(C(c2ccccc2)(c2ccccc2)c2ccccc2)c2cc(NC(=O)O)nc(CO)c12. The molecule has 0 atom stereocenters. The molecule has 0 radical (unpaired) electrons. The van der Waals surface area contributed by atoms with Crippen LogP contribution in [0, 0.1) is 0 Å². The first kappa shape index (κ1) is 23.1. The molecule has 0 aliphatic heterocycles. The highest BCUT2D eigenvalue weighted by Crippen LogP contribution is 2.44. The molecule has 2 aromatic heterocycles. The Labute approximate surface area is 207 Å². The molecule has 3 aromatic carbocycles. The molecular weight excluding hydrogens is 456 g/mol. The maximum absolute atomic E-state index is 11.5. The molecule has 36 heavy (non-hydrogen) atoms. The molecule has 0 saturated heterocycles. The van der Waals surface area contributed by atoms with Gasteiger partial charge in [0.15, 0.2) is 0 Å². The summed E-state index contributed by atoms with van der Waals surface area (Å²) in [5.41, 5.74) is 2.64. The van der Waals surface area contributed by atoms with E-state index in [4.69, 9.17) is 9.84 Å². The van der Waals surface area contributed by atoms with Crippen molar-refractivity contribution in [3.8, 4) is 5.88 Å². The van der Waals surface area contributed by atoms with Gasteiger partial charge in [0.2, 0.25) is 5.88 Å². The summed E-state index contributed by atoms with van der Waals surface area (Å²) in [6.07, 6.45) is -1.26. The average molecular weight is 481 g/mol. The number of aliphatic hydroxyl groups is 1. The lowest BCUT2D eigenvalue weighted by Gasteiger charge is -2.36.